The van der Waals surface area contributed by atoms with E-state index in [-0.39, 0.29) is 11.9 Å². The van der Waals surface area contributed by atoms with Crippen molar-refractivity contribution in [2.75, 3.05) is 32.6 Å². The van der Waals surface area contributed by atoms with Crippen LogP contribution in [0.1, 0.15) is 18.0 Å². The number of rotatable bonds is 7. The molecule has 0 bridgehead atoms. The number of hydrogen-bond donors (Lipinski definition) is 1. The van der Waals surface area contributed by atoms with Gasteiger partial charge < -0.3 is 10.2 Å². The second kappa shape index (κ2) is 8.16. The Kier molecular flexibility index (Phi) is 6.83. The summed E-state index contributed by atoms with van der Waals surface area (Å²) in [5.41, 5.74) is 1.17. The summed E-state index contributed by atoms with van der Waals surface area (Å²) in [4.78, 5) is 13.9. The third-order valence-electron chi connectivity index (χ3n) is 2.68. The van der Waals surface area contributed by atoms with E-state index in [1.807, 2.05) is 38.6 Å². The quantitative estimate of drug-likeness (QED) is 0.821. The lowest BCUT2D eigenvalue weighted by Crippen LogP contribution is -2.32. The van der Waals surface area contributed by atoms with Crippen molar-refractivity contribution in [3.8, 4) is 0 Å². The molecule has 0 aromatic heterocycles. The van der Waals surface area contributed by atoms with Crippen LogP contribution in [0.25, 0.3) is 0 Å². The van der Waals surface area contributed by atoms with E-state index < -0.39 is 0 Å². The molecule has 0 aliphatic rings. The second-order valence-electron chi connectivity index (χ2n) is 4.56. The highest BCUT2D eigenvalue weighted by Crippen LogP contribution is 2.16. The number of hydrogen-bond acceptors (Lipinski definition) is 3. The zero-order chi connectivity index (χ0) is 13.4. The number of nitrogens with one attached hydrogen (secondary N) is 1. The first-order chi connectivity index (χ1) is 8.63. The van der Waals surface area contributed by atoms with Crippen molar-refractivity contribution in [2.45, 2.75) is 12.5 Å². The maximum atomic E-state index is 11.7. The molecule has 0 heterocycles. The first-order valence-corrected chi connectivity index (χ1v) is 7.51. The van der Waals surface area contributed by atoms with Crippen LogP contribution in [0, 0.1) is 0 Å². The van der Waals surface area contributed by atoms with Crippen molar-refractivity contribution in [3.05, 3.63) is 35.9 Å². The number of thioether (sulfide) groups is 1. The molecule has 1 amide bonds. The Hall–Kier alpha value is -1.00. The van der Waals surface area contributed by atoms with Gasteiger partial charge in [0.05, 0.1) is 11.8 Å². The summed E-state index contributed by atoms with van der Waals surface area (Å²) >= 11 is 1.55. The molecule has 0 spiro atoms. The van der Waals surface area contributed by atoms with E-state index in [1.54, 1.807) is 11.8 Å². The molecule has 18 heavy (non-hydrogen) atoms. The average molecular weight is 266 g/mol. The van der Waals surface area contributed by atoms with Crippen LogP contribution in [0.15, 0.2) is 30.3 Å². The zero-order valence-corrected chi connectivity index (χ0v) is 12.2. The highest BCUT2D eigenvalue weighted by Gasteiger charge is 2.14. The maximum Gasteiger partial charge on any atom is 0.230 e. The van der Waals surface area contributed by atoms with Gasteiger partial charge in [0.15, 0.2) is 0 Å². The SMILES string of the molecule is CSCC(=O)N[C@H](CCN(C)C)c1ccccc1. The minimum absolute atomic E-state index is 0.105. The predicted octanol–water partition coefficient (Wildman–Crippen LogP) is 2.16. The number of carbonyl (C=O) groups excluding carboxylic acids is 1. The fourth-order valence-corrected chi connectivity index (χ4v) is 2.11. The third-order valence-corrected chi connectivity index (χ3v) is 3.23. The minimum atomic E-state index is 0.105. The van der Waals surface area contributed by atoms with Gasteiger partial charge in [-0.2, -0.15) is 11.8 Å². The molecule has 0 saturated heterocycles. The molecule has 0 aliphatic carbocycles. The van der Waals surface area contributed by atoms with E-state index in [1.165, 1.54) is 5.56 Å². The fraction of sp³-hybridized carbons (Fsp3) is 0.500. The van der Waals surface area contributed by atoms with E-state index >= 15 is 0 Å². The third kappa shape index (κ3) is 5.56. The van der Waals surface area contributed by atoms with Crippen molar-refractivity contribution in [2.24, 2.45) is 0 Å². The molecule has 3 nitrogen and oxygen atoms in total. The van der Waals surface area contributed by atoms with Gasteiger partial charge in [-0.05, 0) is 38.9 Å². The molecule has 0 fully saturated rings. The minimum Gasteiger partial charge on any atom is -0.349 e. The highest BCUT2D eigenvalue weighted by atomic mass is 32.2. The summed E-state index contributed by atoms with van der Waals surface area (Å²) in [6.45, 7) is 0.957. The molecular formula is C14H22N2OS. The Morgan fingerprint density at radius 1 is 1.33 bits per heavy atom. The summed E-state index contributed by atoms with van der Waals surface area (Å²) < 4.78 is 0. The van der Waals surface area contributed by atoms with Gasteiger partial charge in [-0.3, -0.25) is 4.79 Å². The lowest BCUT2D eigenvalue weighted by molar-refractivity contribution is -0.119. The predicted molar refractivity (Wildman–Crippen MR) is 78.9 cm³/mol. The molecule has 0 saturated carbocycles. The molecule has 1 rings (SSSR count). The molecule has 4 heteroatoms. The first-order valence-electron chi connectivity index (χ1n) is 6.11. The van der Waals surface area contributed by atoms with E-state index in [2.05, 4.69) is 22.3 Å². The van der Waals surface area contributed by atoms with Crippen molar-refractivity contribution >= 4 is 17.7 Å². The van der Waals surface area contributed by atoms with Crippen molar-refractivity contribution in [3.63, 3.8) is 0 Å². The van der Waals surface area contributed by atoms with Gasteiger partial charge in [0.1, 0.15) is 0 Å². The van der Waals surface area contributed by atoms with Crippen LogP contribution in [0.4, 0.5) is 0 Å². The van der Waals surface area contributed by atoms with Gasteiger partial charge in [-0.1, -0.05) is 30.3 Å². The van der Waals surface area contributed by atoms with Crippen LogP contribution < -0.4 is 5.32 Å². The van der Waals surface area contributed by atoms with Crippen LogP contribution in [0.5, 0.6) is 0 Å². The molecule has 0 radical (unpaired) electrons. The van der Waals surface area contributed by atoms with Crippen LogP contribution in [0.2, 0.25) is 0 Å². The van der Waals surface area contributed by atoms with Gasteiger partial charge in [-0.15, -0.1) is 0 Å². The first kappa shape index (κ1) is 15.1. The molecule has 1 atom stereocenters. The van der Waals surface area contributed by atoms with Crippen LogP contribution in [0.3, 0.4) is 0 Å². The Bertz CT molecular complexity index is 354. The molecule has 100 valence electrons. The summed E-state index contributed by atoms with van der Waals surface area (Å²) in [7, 11) is 4.09. The average Bonchev–Trinajstić information content (AvgIpc) is 2.35. The highest BCUT2D eigenvalue weighted by molar-refractivity contribution is 7.99. The molecule has 0 unspecified atom stereocenters. The normalized spacial score (nSPS) is 12.4. The van der Waals surface area contributed by atoms with Crippen LogP contribution in [-0.4, -0.2) is 43.5 Å². The van der Waals surface area contributed by atoms with Crippen LogP contribution >= 0.6 is 11.8 Å². The molecule has 1 aromatic rings. The summed E-state index contributed by atoms with van der Waals surface area (Å²) in [6, 6.07) is 10.3. The Labute approximate surface area is 114 Å². The standard InChI is InChI=1S/C14H22N2OS/c1-16(2)10-9-13(15-14(17)11-18-3)12-7-5-4-6-8-12/h4-8,13H,9-11H2,1-3H3,(H,15,17)/t13-/m1/s1. The lowest BCUT2D eigenvalue weighted by atomic mass is 10.0. The van der Waals surface area contributed by atoms with Gasteiger partial charge in [0.2, 0.25) is 5.91 Å². The van der Waals surface area contributed by atoms with Crippen LogP contribution in [-0.2, 0) is 4.79 Å². The summed E-state index contributed by atoms with van der Waals surface area (Å²) in [6.07, 6.45) is 2.87. The Balaban J connectivity index is 2.66. The number of carbonyl (C=O) groups is 1. The zero-order valence-electron chi connectivity index (χ0n) is 11.3. The van der Waals surface area contributed by atoms with E-state index in [0.29, 0.717) is 5.75 Å². The number of amides is 1. The molecule has 0 aliphatic heterocycles. The van der Waals surface area contributed by atoms with Gasteiger partial charge in [0, 0.05) is 0 Å². The molecule has 1 aromatic carbocycles. The topological polar surface area (TPSA) is 32.3 Å². The van der Waals surface area contributed by atoms with Crippen molar-refractivity contribution < 1.29 is 4.79 Å². The largest absolute Gasteiger partial charge is 0.349 e. The van der Waals surface area contributed by atoms with E-state index in [0.717, 1.165) is 13.0 Å². The monoisotopic (exact) mass is 266 g/mol. The van der Waals surface area contributed by atoms with Gasteiger partial charge >= 0.3 is 0 Å². The van der Waals surface area contributed by atoms with Gasteiger partial charge in [-0.25, -0.2) is 0 Å². The summed E-state index contributed by atoms with van der Waals surface area (Å²) in [5, 5.41) is 3.10. The Morgan fingerprint density at radius 3 is 2.56 bits per heavy atom. The van der Waals surface area contributed by atoms with E-state index in [9.17, 15) is 4.79 Å². The summed E-state index contributed by atoms with van der Waals surface area (Å²) in [5.74, 6) is 0.626. The lowest BCUT2D eigenvalue weighted by Gasteiger charge is -2.21. The fourth-order valence-electron chi connectivity index (χ4n) is 1.76. The second-order valence-corrected chi connectivity index (χ2v) is 5.42. The molecule has 1 N–H and O–H groups in total. The maximum absolute atomic E-state index is 11.7. The van der Waals surface area contributed by atoms with Gasteiger partial charge in [0.25, 0.3) is 0 Å². The van der Waals surface area contributed by atoms with E-state index in [4.69, 9.17) is 0 Å². The number of benzene rings is 1. The van der Waals surface area contributed by atoms with Crippen molar-refractivity contribution in [1.82, 2.24) is 10.2 Å². The van der Waals surface area contributed by atoms with Crippen molar-refractivity contribution in [1.29, 1.82) is 0 Å². The number of nitrogens with zero attached hydrogens (tertiary/aromatic N) is 1. The smallest absolute Gasteiger partial charge is 0.230 e. The molecular weight excluding hydrogens is 244 g/mol. The Morgan fingerprint density at radius 2 is 2.00 bits per heavy atom.